The number of benzene rings is 2. The maximum atomic E-state index is 12.8. The molecule has 0 fully saturated rings. The number of hydrogen-bond acceptors (Lipinski definition) is 4. The van der Waals surface area contributed by atoms with E-state index in [1.165, 1.54) is 30.4 Å². The van der Waals surface area contributed by atoms with Gasteiger partial charge < -0.3 is 10.1 Å². The van der Waals surface area contributed by atoms with Crippen LogP contribution >= 0.6 is 0 Å². The Morgan fingerprint density at radius 3 is 2.37 bits per heavy atom. The highest BCUT2D eigenvalue weighted by molar-refractivity contribution is 7.90. The molecule has 0 aromatic heterocycles. The first-order valence-corrected chi connectivity index (χ1v) is 11.7. The summed E-state index contributed by atoms with van der Waals surface area (Å²) in [5.41, 5.74) is 6.36. The molecule has 2 aliphatic carbocycles. The van der Waals surface area contributed by atoms with Crippen LogP contribution in [0.5, 0.6) is 5.75 Å². The van der Waals surface area contributed by atoms with E-state index in [1.807, 2.05) is 0 Å². The molecule has 0 saturated heterocycles. The average molecular weight is 427 g/mol. The SMILES string of the molecule is C=CCc1cc(S(=O)(=O)NC(=O)Nc2c3c(cc4c2CCC4)CCC3)ccc1OC. The summed E-state index contributed by atoms with van der Waals surface area (Å²) in [7, 11) is -2.50. The van der Waals surface area contributed by atoms with Gasteiger partial charge in [0, 0.05) is 5.69 Å². The van der Waals surface area contributed by atoms with E-state index in [0.717, 1.165) is 55.3 Å². The van der Waals surface area contributed by atoms with E-state index in [0.29, 0.717) is 17.7 Å². The lowest BCUT2D eigenvalue weighted by atomic mass is 9.99. The number of fused-ring (bicyclic) bond motifs is 2. The Morgan fingerprint density at radius 1 is 1.10 bits per heavy atom. The van der Waals surface area contributed by atoms with Crippen LogP contribution in [0.2, 0.25) is 0 Å². The number of amides is 2. The third kappa shape index (κ3) is 3.81. The van der Waals surface area contributed by atoms with Crippen molar-refractivity contribution in [3.8, 4) is 5.75 Å². The number of sulfonamides is 1. The van der Waals surface area contributed by atoms with Gasteiger partial charge in [-0.05, 0) is 91.0 Å². The molecule has 2 amide bonds. The molecule has 0 heterocycles. The lowest BCUT2D eigenvalue weighted by Gasteiger charge is -2.17. The molecule has 0 spiro atoms. The number of carbonyl (C=O) groups excluding carboxylic acids is 1. The van der Waals surface area contributed by atoms with Gasteiger partial charge in [-0.1, -0.05) is 12.1 Å². The quantitative estimate of drug-likeness (QED) is 0.686. The van der Waals surface area contributed by atoms with Crippen molar-refractivity contribution < 1.29 is 17.9 Å². The van der Waals surface area contributed by atoms with Gasteiger partial charge in [-0.2, -0.15) is 0 Å². The summed E-state index contributed by atoms with van der Waals surface area (Å²) in [6.45, 7) is 3.69. The van der Waals surface area contributed by atoms with Gasteiger partial charge in [-0.3, -0.25) is 0 Å². The zero-order chi connectivity index (χ0) is 21.3. The standard InChI is InChI=1S/C23H26N2O4S/c1-3-6-17-14-18(11-12-21(17)29-2)30(27,28)25-23(26)24-22-19-9-4-7-15(19)13-16-8-5-10-20(16)22/h3,11-14H,1,4-10H2,2H3,(H2,24,25,26). The van der Waals surface area contributed by atoms with Gasteiger partial charge in [-0.15, -0.1) is 6.58 Å². The van der Waals surface area contributed by atoms with Crippen molar-refractivity contribution in [2.45, 2.75) is 49.8 Å². The number of anilines is 1. The fraction of sp³-hybridized carbons (Fsp3) is 0.348. The highest BCUT2D eigenvalue weighted by Gasteiger charge is 2.26. The van der Waals surface area contributed by atoms with Crippen molar-refractivity contribution in [3.63, 3.8) is 0 Å². The first kappa shape index (κ1) is 20.5. The molecule has 158 valence electrons. The molecule has 0 bridgehead atoms. The zero-order valence-corrected chi connectivity index (χ0v) is 17.9. The number of aryl methyl sites for hydroxylation is 2. The van der Waals surface area contributed by atoms with Crippen LogP contribution in [0.15, 0.2) is 41.8 Å². The Hall–Kier alpha value is -2.80. The van der Waals surface area contributed by atoms with Gasteiger partial charge in [0.05, 0.1) is 12.0 Å². The van der Waals surface area contributed by atoms with E-state index in [9.17, 15) is 13.2 Å². The molecule has 2 aliphatic rings. The van der Waals surface area contributed by atoms with E-state index in [2.05, 4.69) is 22.7 Å². The van der Waals surface area contributed by atoms with E-state index in [4.69, 9.17) is 4.74 Å². The molecular formula is C23H26N2O4S. The van der Waals surface area contributed by atoms with Crippen LogP contribution in [0.3, 0.4) is 0 Å². The summed E-state index contributed by atoms with van der Waals surface area (Å²) in [4.78, 5) is 12.7. The van der Waals surface area contributed by atoms with Gasteiger partial charge in [0.25, 0.3) is 10.0 Å². The number of methoxy groups -OCH3 is 1. The Kier molecular flexibility index (Phi) is 5.56. The van der Waals surface area contributed by atoms with Crippen molar-refractivity contribution in [2.75, 3.05) is 12.4 Å². The molecule has 2 N–H and O–H groups in total. The second-order valence-electron chi connectivity index (χ2n) is 7.76. The van der Waals surface area contributed by atoms with Gasteiger partial charge in [-0.25, -0.2) is 17.9 Å². The first-order chi connectivity index (χ1) is 14.4. The van der Waals surface area contributed by atoms with Crippen LogP contribution in [0.4, 0.5) is 10.5 Å². The molecule has 0 radical (unpaired) electrons. The molecule has 0 unspecified atom stereocenters. The predicted octanol–water partition coefficient (Wildman–Crippen LogP) is 3.91. The van der Waals surface area contributed by atoms with E-state index < -0.39 is 16.1 Å². The summed E-state index contributed by atoms with van der Waals surface area (Å²) in [5, 5.41) is 2.86. The Bertz CT molecular complexity index is 1090. The average Bonchev–Trinajstić information content (AvgIpc) is 3.37. The van der Waals surface area contributed by atoms with Crippen LogP contribution in [-0.4, -0.2) is 21.6 Å². The number of urea groups is 1. The van der Waals surface area contributed by atoms with Crippen LogP contribution in [-0.2, 0) is 42.1 Å². The Morgan fingerprint density at radius 2 is 1.77 bits per heavy atom. The van der Waals surface area contributed by atoms with Crippen molar-refractivity contribution in [1.82, 2.24) is 4.72 Å². The minimum absolute atomic E-state index is 0.0128. The fourth-order valence-electron chi connectivity index (χ4n) is 4.52. The lowest BCUT2D eigenvalue weighted by molar-refractivity contribution is 0.256. The van der Waals surface area contributed by atoms with E-state index in [1.54, 1.807) is 12.1 Å². The topological polar surface area (TPSA) is 84.5 Å². The molecule has 0 saturated carbocycles. The molecule has 6 nitrogen and oxygen atoms in total. The molecule has 2 aromatic rings. The van der Waals surface area contributed by atoms with E-state index >= 15 is 0 Å². The van der Waals surface area contributed by atoms with Crippen molar-refractivity contribution in [3.05, 3.63) is 64.7 Å². The number of allylic oxidation sites excluding steroid dienone is 1. The summed E-state index contributed by atoms with van der Waals surface area (Å²) in [6, 6.07) is 6.06. The van der Waals surface area contributed by atoms with Gasteiger partial charge in [0.2, 0.25) is 0 Å². The molecule has 7 heteroatoms. The first-order valence-electron chi connectivity index (χ1n) is 10.2. The van der Waals surface area contributed by atoms with Gasteiger partial charge in [0.1, 0.15) is 5.75 Å². The molecule has 2 aromatic carbocycles. The van der Waals surface area contributed by atoms with Crippen LogP contribution < -0.4 is 14.8 Å². The maximum absolute atomic E-state index is 12.8. The largest absolute Gasteiger partial charge is 0.496 e. The summed E-state index contributed by atoms with van der Waals surface area (Å²) >= 11 is 0. The van der Waals surface area contributed by atoms with Crippen LogP contribution in [0.25, 0.3) is 0 Å². The van der Waals surface area contributed by atoms with Crippen molar-refractivity contribution in [2.24, 2.45) is 0 Å². The minimum Gasteiger partial charge on any atom is -0.496 e. The van der Waals surface area contributed by atoms with Gasteiger partial charge in [0.15, 0.2) is 0 Å². The zero-order valence-electron chi connectivity index (χ0n) is 17.1. The molecule has 30 heavy (non-hydrogen) atoms. The molecule has 0 atom stereocenters. The smallest absolute Gasteiger partial charge is 0.333 e. The van der Waals surface area contributed by atoms with Crippen LogP contribution in [0, 0.1) is 0 Å². The van der Waals surface area contributed by atoms with Gasteiger partial charge >= 0.3 is 6.03 Å². The summed E-state index contributed by atoms with van der Waals surface area (Å²) in [6.07, 6.45) is 8.09. The molecular weight excluding hydrogens is 400 g/mol. The fourth-order valence-corrected chi connectivity index (χ4v) is 5.48. The minimum atomic E-state index is -4.03. The number of hydrogen-bond donors (Lipinski definition) is 2. The Balaban J connectivity index is 1.58. The normalized spacial score (nSPS) is 14.7. The van der Waals surface area contributed by atoms with Crippen molar-refractivity contribution >= 4 is 21.7 Å². The monoisotopic (exact) mass is 426 g/mol. The number of nitrogens with one attached hydrogen (secondary N) is 2. The second kappa shape index (κ2) is 8.14. The van der Waals surface area contributed by atoms with E-state index in [-0.39, 0.29) is 4.90 Å². The highest BCUT2D eigenvalue weighted by atomic mass is 32.2. The molecule has 0 aliphatic heterocycles. The lowest BCUT2D eigenvalue weighted by Crippen LogP contribution is -2.35. The third-order valence-electron chi connectivity index (χ3n) is 5.87. The third-order valence-corrected chi connectivity index (χ3v) is 7.19. The Labute approximate surface area is 177 Å². The van der Waals surface area contributed by atoms with Crippen LogP contribution in [0.1, 0.15) is 40.7 Å². The summed E-state index contributed by atoms with van der Waals surface area (Å²) < 4.78 is 33.1. The predicted molar refractivity (Wildman–Crippen MR) is 117 cm³/mol. The number of carbonyl (C=O) groups is 1. The number of rotatable bonds is 6. The maximum Gasteiger partial charge on any atom is 0.333 e. The second-order valence-corrected chi connectivity index (χ2v) is 9.44. The van der Waals surface area contributed by atoms with Crippen molar-refractivity contribution in [1.29, 1.82) is 0 Å². The highest BCUT2D eigenvalue weighted by Crippen LogP contribution is 2.38. The molecule has 4 rings (SSSR count). The number of ether oxygens (including phenoxy) is 1. The summed E-state index contributed by atoms with van der Waals surface area (Å²) in [5.74, 6) is 0.578.